The molecule has 0 radical (unpaired) electrons. The molecule has 0 aromatic carbocycles. The van der Waals surface area contributed by atoms with E-state index in [-0.39, 0.29) is 18.2 Å². The fourth-order valence-electron chi connectivity index (χ4n) is 1.86. The van der Waals surface area contributed by atoms with E-state index in [0.717, 1.165) is 4.57 Å². The molecule has 7 nitrogen and oxygen atoms in total. The van der Waals surface area contributed by atoms with Gasteiger partial charge in [-0.3, -0.25) is 9.36 Å². The van der Waals surface area contributed by atoms with Crippen molar-refractivity contribution in [1.29, 1.82) is 0 Å². The Bertz CT molecular complexity index is 550. The third-order valence-corrected chi connectivity index (χ3v) is 2.75. The summed E-state index contributed by atoms with van der Waals surface area (Å²) in [5.74, 6) is -1.22. The maximum absolute atomic E-state index is 12.1. The molecular weight excluding hydrogens is 264 g/mol. The summed E-state index contributed by atoms with van der Waals surface area (Å²) >= 11 is 0. The van der Waals surface area contributed by atoms with Gasteiger partial charge < -0.3 is 14.6 Å². The zero-order valence-electron chi connectivity index (χ0n) is 11.7. The molecule has 0 saturated carbocycles. The number of carbonyl (C=O) groups is 2. The van der Waals surface area contributed by atoms with E-state index < -0.39 is 17.6 Å². The lowest BCUT2D eigenvalue weighted by Crippen LogP contribution is -2.32. The minimum atomic E-state index is -1.11. The minimum absolute atomic E-state index is 0.00927. The summed E-state index contributed by atoms with van der Waals surface area (Å²) in [6.45, 7) is 3.73. The van der Waals surface area contributed by atoms with Gasteiger partial charge in [-0.25, -0.2) is 9.78 Å². The van der Waals surface area contributed by atoms with E-state index in [0.29, 0.717) is 18.4 Å². The van der Waals surface area contributed by atoms with Gasteiger partial charge >= 0.3 is 11.5 Å². The molecule has 110 valence electrons. The predicted octanol–water partition coefficient (Wildman–Crippen LogP) is 0.665. The van der Waals surface area contributed by atoms with Gasteiger partial charge in [0.25, 0.3) is 5.88 Å². The molecule has 0 aliphatic carbocycles. The van der Waals surface area contributed by atoms with Crippen molar-refractivity contribution in [2.45, 2.75) is 32.7 Å². The van der Waals surface area contributed by atoms with E-state index in [4.69, 9.17) is 4.74 Å². The fourth-order valence-corrected chi connectivity index (χ4v) is 1.86. The van der Waals surface area contributed by atoms with E-state index in [2.05, 4.69) is 4.98 Å². The normalized spacial score (nSPS) is 12.2. The second-order valence-electron chi connectivity index (χ2n) is 4.81. The van der Waals surface area contributed by atoms with Crippen LogP contribution in [-0.2, 0) is 16.0 Å². The first-order valence-electron chi connectivity index (χ1n) is 6.23. The fraction of sp³-hybridized carbons (Fsp3) is 0.538. The van der Waals surface area contributed by atoms with Gasteiger partial charge in [0.2, 0.25) is 0 Å². The number of nitrogens with zero attached hydrogens (tertiary/aromatic N) is 2. The van der Waals surface area contributed by atoms with E-state index in [1.54, 1.807) is 0 Å². The molecular formula is C13H18N2O5. The molecule has 0 spiro atoms. The molecule has 0 amide bonds. The number of methoxy groups -OCH3 is 1. The van der Waals surface area contributed by atoms with Crippen LogP contribution in [0, 0.1) is 5.92 Å². The van der Waals surface area contributed by atoms with E-state index in [1.807, 2.05) is 13.8 Å². The van der Waals surface area contributed by atoms with Crippen LogP contribution in [0.1, 0.15) is 32.0 Å². The van der Waals surface area contributed by atoms with Gasteiger partial charge in [0.05, 0.1) is 12.8 Å². The van der Waals surface area contributed by atoms with Gasteiger partial charge in [0, 0.05) is 12.6 Å². The van der Waals surface area contributed by atoms with Crippen molar-refractivity contribution in [3.8, 4) is 5.88 Å². The van der Waals surface area contributed by atoms with Crippen molar-refractivity contribution in [3.05, 3.63) is 22.2 Å². The van der Waals surface area contributed by atoms with Gasteiger partial charge in [-0.15, -0.1) is 0 Å². The summed E-state index contributed by atoms with van der Waals surface area (Å²) in [4.78, 5) is 37.9. The molecule has 0 aliphatic rings. The highest BCUT2D eigenvalue weighted by atomic mass is 16.5. The Kier molecular flexibility index (Phi) is 5.42. The molecule has 1 atom stereocenters. The summed E-state index contributed by atoms with van der Waals surface area (Å²) in [7, 11) is 1.27. The van der Waals surface area contributed by atoms with Crippen LogP contribution in [-0.4, -0.2) is 34.0 Å². The number of rotatable bonds is 7. The molecule has 0 bridgehead atoms. The average molecular weight is 282 g/mol. The smallest absolute Gasteiger partial charge is 0.326 e. The molecule has 1 heterocycles. The second kappa shape index (κ2) is 6.83. The summed E-state index contributed by atoms with van der Waals surface area (Å²) in [5, 5.41) is 9.29. The molecule has 7 heteroatoms. The number of aromatic nitrogens is 2. The van der Waals surface area contributed by atoms with Crippen LogP contribution in [0.25, 0.3) is 0 Å². The number of carboxylic acid groups (broad SMARTS) is 1. The number of aldehydes is 1. The number of carbonyl (C=O) groups excluding carboxylic acids is 1. The lowest BCUT2D eigenvalue weighted by Gasteiger charge is -2.18. The third kappa shape index (κ3) is 3.66. The first-order chi connectivity index (χ1) is 9.40. The maximum atomic E-state index is 12.1. The van der Waals surface area contributed by atoms with Crippen LogP contribution in [0.2, 0.25) is 0 Å². The zero-order valence-corrected chi connectivity index (χ0v) is 11.7. The summed E-state index contributed by atoms with van der Waals surface area (Å²) in [6, 6.07) is -1.01. The Labute approximate surface area is 116 Å². The first-order valence-corrected chi connectivity index (χ1v) is 6.23. The Morgan fingerprint density at radius 2 is 2.20 bits per heavy atom. The summed E-state index contributed by atoms with van der Waals surface area (Å²) in [6.07, 6.45) is 2.23. The van der Waals surface area contributed by atoms with Crippen LogP contribution < -0.4 is 10.3 Å². The van der Waals surface area contributed by atoms with E-state index in [1.165, 1.54) is 13.3 Å². The number of aliphatic carboxylic acids is 1. The molecule has 0 fully saturated rings. The molecule has 1 rings (SSSR count). The molecule has 20 heavy (non-hydrogen) atoms. The standard InChI is InChI=1S/C13H18N2O5/c1-8(2)6-10(13(18)19)15-7-9(4-5-16)14-11(20-3)12(15)17/h5,7-8,10H,4,6H2,1-3H3,(H,18,19). The zero-order chi connectivity index (χ0) is 15.3. The highest BCUT2D eigenvalue weighted by molar-refractivity contribution is 5.72. The van der Waals surface area contributed by atoms with Crippen molar-refractivity contribution < 1.29 is 19.4 Å². The molecule has 1 N–H and O–H groups in total. The lowest BCUT2D eigenvalue weighted by atomic mass is 10.0. The number of hydrogen-bond acceptors (Lipinski definition) is 5. The van der Waals surface area contributed by atoms with Crippen molar-refractivity contribution in [2.24, 2.45) is 5.92 Å². The third-order valence-electron chi connectivity index (χ3n) is 2.75. The van der Waals surface area contributed by atoms with Crippen LogP contribution >= 0.6 is 0 Å². The van der Waals surface area contributed by atoms with Crippen molar-refractivity contribution >= 4 is 12.3 Å². The molecule has 0 saturated heterocycles. The number of hydrogen-bond donors (Lipinski definition) is 1. The summed E-state index contributed by atoms with van der Waals surface area (Å²) in [5.41, 5.74) is -0.318. The van der Waals surface area contributed by atoms with Crippen LogP contribution in [0.5, 0.6) is 5.88 Å². The topological polar surface area (TPSA) is 98.5 Å². The van der Waals surface area contributed by atoms with E-state index >= 15 is 0 Å². The number of carboxylic acids is 1. The Morgan fingerprint density at radius 1 is 1.55 bits per heavy atom. The first kappa shape index (κ1) is 15.9. The minimum Gasteiger partial charge on any atom is -0.480 e. The highest BCUT2D eigenvalue weighted by Crippen LogP contribution is 2.17. The molecule has 0 aliphatic heterocycles. The lowest BCUT2D eigenvalue weighted by molar-refractivity contribution is -0.141. The second-order valence-corrected chi connectivity index (χ2v) is 4.81. The van der Waals surface area contributed by atoms with Crippen LogP contribution in [0.15, 0.2) is 11.0 Å². The predicted molar refractivity (Wildman–Crippen MR) is 70.9 cm³/mol. The maximum Gasteiger partial charge on any atom is 0.326 e. The van der Waals surface area contributed by atoms with Gasteiger partial charge in [-0.1, -0.05) is 13.8 Å². The quantitative estimate of drug-likeness (QED) is 0.738. The van der Waals surface area contributed by atoms with Crippen LogP contribution in [0.4, 0.5) is 0 Å². The van der Waals surface area contributed by atoms with Gasteiger partial charge in [0.15, 0.2) is 0 Å². The summed E-state index contributed by atoms with van der Waals surface area (Å²) < 4.78 is 5.93. The van der Waals surface area contributed by atoms with E-state index in [9.17, 15) is 19.5 Å². The van der Waals surface area contributed by atoms with Gasteiger partial charge in [-0.2, -0.15) is 0 Å². The van der Waals surface area contributed by atoms with Gasteiger partial charge in [0.1, 0.15) is 12.3 Å². The van der Waals surface area contributed by atoms with Gasteiger partial charge in [-0.05, 0) is 12.3 Å². The highest BCUT2D eigenvalue weighted by Gasteiger charge is 2.24. The van der Waals surface area contributed by atoms with Crippen molar-refractivity contribution in [1.82, 2.24) is 9.55 Å². The monoisotopic (exact) mass is 282 g/mol. The van der Waals surface area contributed by atoms with Crippen LogP contribution in [0.3, 0.4) is 0 Å². The number of ether oxygens (including phenoxy) is 1. The Morgan fingerprint density at radius 3 is 2.65 bits per heavy atom. The molecule has 1 aromatic heterocycles. The largest absolute Gasteiger partial charge is 0.480 e. The molecule has 1 aromatic rings. The van der Waals surface area contributed by atoms with Crippen molar-refractivity contribution in [2.75, 3.05) is 7.11 Å². The Balaban J connectivity index is 3.38. The van der Waals surface area contributed by atoms with Crippen molar-refractivity contribution in [3.63, 3.8) is 0 Å². The molecule has 1 unspecified atom stereocenters. The average Bonchev–Trinajstić information content (AvgIpc) is 2.38. The Hall–Kier alpha value is -2.18. The SMILES string of the molecule is COc1nc(CC=O)cn(C(CC(C)C)C(=O)O)c1=O.